The standard InChI is InChI=1S/C25H52O3/c1-3-5-7-9-11-12-13-14-15-16-17-18-20-22-24-28-25(26)27-23-21-19-10-8-6-4-2/h25-26H,3-24H2,1-2H3. The zero-order chi connectivity index (χ0) is 20.5. The molecule has 170 valence electrons. The van der Waals surface area contributed by atoms with Crippen LogP contribution in [0.4, 0.5) is 0 Å². The number of aliphatic hydroxyl groups excluding tert-OH is 1. The first kappa shape index (κ1) is 27.9. The third kappa shape index (κ3) is 23.9. The van der Waals surface area contributed by atoms with E-state index in [9.17, 15) is 5.11 Å². The van der Waals surface area contributed by atoms with Crippen LogP contribution in [0.25, 0.3) is 0 Å². The first-order valence-corrected chi connectivity index (χ1v) is 12.7. The summed E-state index contributed by atoms with van der Waals surface area (Å²) in [6, 6.07) is 0. The quantitative estimate of drug-likeness (QED) is 0.131. The Hall–Kier alpha value is -0.120. The Morgan fingerprint density at radius 2 is 0.679 bits per heavy atom. The van der Waals surface area contributed by atoms with E-state index in [4.69, 9.17) is 9.47 Å². The fourth-order valence-corrected chi connectivity index (χ4v) is 3.60. The third-order valence-corrected chi connectivity index (χ3v) is 5.52. The molecule has 0 amide bonds. The minimum atomic E-state index is -1.03. The van der Waals surface area contributed by atoms with Crippen LogP contribution in [0.15, 0.2) is 0 Å². The molecular weight excluding hydrogens is 348 g/mol. The van der Waals surface area contributed by atoms with E-state index >= 15 is 0 Å². The molecule has 28 heavy (non-hydrogen) atoms. The third-order valence-electron chi connectivity index (χ3n) is 5.52. The SMILES string of the molecule is CCCCCCCCCCCCCCCCOC(O)OCCCCCCCC. The lowest BCUT2D eigenvalue weighted by Gasteiger charge is -2.12. The molecule has 0 saturated carbocycles. The minimum absolute atomic E-state index is 0.603. The van der Waals surface area contributed by atoms with Gasteiger partial charge >= 0.3 is 0 Å². The van der Waals surface area contributed by atoms with Gasteiger partial charge in [0.05, 0.1) is 13.2 Å². The van der Waals surface area contributed by atoms with Gasteiger partial charge in [0, 0.05) is 0 Å². The topological polar surface area (TPSA) is 38.7 Å². The minimum Gasteiger partial charge on any atom is -0.346 e. The first-order valence-electron chi connectivity index (χ1n) is 12.7. The highest BCUT2D eigenvalue weighted by Gasteiger charge is 2.03. The van der Waals surface area contributed by atoms with E-state index in [1.54, 1.807) is 0 Å². The molecule has 0 aliphatic rings. The molecule has 0 aliphatic carbocycles. The lowest BCUT2D eigenvalue weighted by atomic mass is 10.0. The van der Waals surface area contributed by atoms with E-state index in [1.807, 2.05) is 0 Å². The lowest BCUT2D eigenvalue weighted by Crippen LogP contribution is -2.17. The summed E-state index contributed by atoms with van der Waals surface area (Å²) in [5, 5.41) is 9.65. The van der Waals surface area contributed by atoms with Crippen LogP contribution >= 0.6 is 0 Å². The molecule has 3 heteroatoms. The number of hydrogen-bond acceptors (Lipinski definition) is 3. The van der Waals surface area contributed by atoms with Crippen LogP contribution in [0.1, 0.15) is 142 Å². The molecule has 3 nitrogen and oxygen atoms in total. The summed E-state index contributed by atoms with van der Waals surface area (Å²) >= 11 is 0. The maximum atomic E-state index is 9.65. The molecule has 0 radical (unpaired) electrons. The number of unbranched alkanes of at least 4 members (excludes halogenated alkanes) is 18. The fraction of sp³-hybridized carbons (Fsp3) is 1.00. The zero-order valence-corrected chi connectivity index (χ0v) is 19.4. The highest BCUT2D eigenvalue weighted by atomic mass is 16.8. The van der Waals surface area contributed by atoms with Gasteiger partial charge in [0.15, 0.2) is 0 Å². The highest BCUT2D eigenvalue weighted by molar-refractivity contribution is 4.49. The number of aliphatic hydroxyl groups is 1. The maximum Gasteiger partial charge on any atom is 0.269 e. The molecule has 0 aromatic rings. The Labute approximate surface area is 177 Å². The molecule has 0 aromatic carbocycles. The van der Waals surface area contributed by atoms with Crippen LogP contribution in [0, 0.1) is 0 Å². The van der Waals surface area contributed by atoms with E-state index in [-0.39, 0.29) is 0 Å². The monoisotopic (exact) mass is 400 g/mol. The zero-order valence-electron chi connectivity index (χ0n) is 19.4. The van der Waals surface area contributed by atoms with Gasteiger partial charge in [-0.2, -0.15) is 0 Å². The Kier molecular flexibility index (Phi) is 24.8. The second kappa shape index (κ2) is 24.9. The van der Waals surface area contributed by atoms with Crippen LogP contribution in [0.3, 0.4) is 0 Å². The summed E-state index contributed by atoms with van der Waals surface area (Å²) < 4.78 is 10.6. The van der Waals surface area contributed by atoms with Crippen molar-refractivity contribution in [2.75, 3.05) is 13.2 Å². The Morgan fingerprint density at radius 3 is 0.964 bits per heavy atom. The van der Waals surface area contributed by atoms with Crippen molar-refractivity contribution in [3.8, 4) is 0 Å². The molecule has 1 N–H and O–H groups in total. The molecule has 0 rings (SSSR count). The van der Waals surface area contributed by atoms with Crippen molar-refractivity contribution in [3.05, 3.63) is 0 Å². The van der Waals surface area contributed by atoms with E-state index in [2.05, 4.69) is 13.8 Å². The summed E-state index contributed by atoms with van der Waals surface area (Å²) in [5.41, 5.74) is 0. The summed E-state index contributed by atoms with van der Waals surface area (Å²) in [6.45, 7) is 4.69. The van der Waals surface area contributed by atoms with Gasteiger partial charge in [0.25, 0.3) is 6.48 Å². The molecule has 0 spiro atoms. The molecular formula is C25H52O3. The number of ether oxygens (including phenoxy) is 2. The average molecular weight is 401 g/mol. The fourth-order valence-electron chi connectivity index (χ4n) is 3.60. The number of hydrogen-bond donors (Lipinski definition) is 1. The van der Waals surface area contributed by atoms with Crippen molar-refractivity contribution in [1.29, 1.82) is 0 Å². The predicted molar refractivity (Wildman–Crippen MR) is 122 cm³/mol. The van der Waals surface area contributed by atoms with Crippen molar-refractivity contribution in [2.45, 2.75) is 149 Å². The van der Waals surface area contributed by atoms with E-state index in [1.165, 1.54) is 116 Å². The van der Waals surface area contributed by atoms with Crippen molar-refractivity contribution in [1.82, 2.24) is 0 Å². The molecule has 0 fully saturated rings. The molecule has 0 heterocycles. The lowest BCUT2D eigenvalue weighted by molar-refractivity contribution is -0.263. The highest BCUT2D eigenvalue weighted by Crippen LogP contribution is 2.13. The van der Waals surface area contributed by atoms with Crippen molar-refractivity contribution in [2.24, 2.45) is 0 Å². The van der Waals surface area contributed by atoms with Crippen LogP contribution < -0.4 is 0 Å². The smallest absolute Gasteiger partial charge is 0.269 e. The van der Waals surface area contributed by atoms with Gasteiger partial charge in [-0.3, -0.25) is 0 Å². The van der Waals surface area contributed by atoms with Crippen LogP contribution in [0.5, 0.6) is 0 Å². The maximum absolute atomic E-state index is 9.65. The van der Waals surface area contributed by atoms with Crippen molar-refractivity contribution >= 4 is 0 Å². The largest absolute Gasteiger partial charge is 0.346 e. The second-order valence-electron chi connectivity index (χ2n) is 8.41. The summed E-state index contributed by atoms with van der Waals surface area (Å²) in [5.74, 6) is 0. The Morgan fingerprint density at radius 1 is 0.429 bits per heavy atom. The van der Waals surface area contributed by atoms with Crippen molar-refractivity contribution in [3.63, 3.8) is 0 Å². The van der Waals surface area contributed by atoms with Gasteiger partial charge in [-0.25, -0.2) is 0 Å². The molecule has 0 aromatic heterocycles. The van der Waals surface area contributed by atoms with E-state index in [0.717, 1.165) is 12.8 Å². The Balaban J connectivity index is 3.10. The van der Waals surface area contributed by atoms with Gasteiger partial charge in [0.2, 0.25) is 0 Å². The normalized spacial score (nSPS) is 12.5. The van der Waals surface area contributed by atoms with Gasteiger partial charge < -0.3 is 14.6 Å². The van der Waals surface area contributed by atoms with Crippen LogP contribution in [0.2, 0.25) is 0 Å². The molecule has 0 aliphatic heterocycles. The average Bonchev–Trinajstić information content (AvgIpc) is 2.70. The van der Waals surface area contributed by atoms with E-state index < -0.39 is 6.48 Å². The van der Waals surface area contributed by atoms with Gasteiger partial charge in [-0.15, -0.1) is 0 Å². The number of rotatable bonds is 24. The molecule has 1 atom stereocenters. The van der Waals surface area contributed by atoms with Crippen molar-refractivity contribution < 1.29 is 14.6 Å². The summed E-state index contributed by atoms with van der Waals surface area (Å²) in [6.07, 6.45) is 26.4. The van der Waals surface area contributed by atoms with Gasteiger partial charge in [-0.05, 0) is 12.8 Å². The van der Waals surface area contributed by atoms with Crippen LogP contribution in [-0.2, 0) is 9.47 Å². The van der Waals surface area contributed by atoms with Crippen LogP contribution in [-0.4, -0.2) is 24.8 Å². The first-order chi connectivity index (χ1) is 13.8. The van der Waals surface area contributed by atoms with E-state index in [0.29, 0.717) is 13.2 Å². The summed E-state index contributed by atoms with van der Waals surface area (Å²) in [7, 11) is 0. The second-order valence-corrected chi connectivity index (χ2v) is 8.41. The molecule has 0 saturated heterocycles. The predicted octanol–water partition coefficient (Wildman–Crippen LogP) is 8.14. The molecule has 0 bridgehead atoms. The molecule has 1 unspecified atom stereocenters. The van der Waals surface area contributed by atoms with Gasteiger partial charge in [0.1, 0.15) is 0 Å². The summed E-state index contributed by atoms with van der Waals surface area (Å²) in [4.78, 5) is 0. The van der Waals surface area contributed by atoms with Gasteiger partial charge in [-0.1, -0.05) is 129 Å². The Bertz CT molecular complexity index is 271.